The lowest BCUT2D eigenvalue weighted by atomic mass is 9.85. The summed E-state index contributed by atoms with van der Waals surface area (Å²) < 4.78 is 7.05. The highest BCUT2D eigenvalue weighted by Gasteiger charge is 2.50. The fourth-order valence-corrected chi connectivity index (χ4v) is 5.58. The number of benzene rings is 2. The van der Waals surface area contributed by atoms with Gasteiger partial charge in [-0.3, -0.25) is 9.59 Å². The van der Waals surface area contributed by atoms with Crippen molar-refractivity contribution >= 4 is 35.3 Å². The molecule has 3 heterocycles. The molecule has 3 aliphatic rings. The Morgan fingerprint density at radius 3 is 2.34 bits per heavy atom. The van der Waals surface area contributed by atoms with Gasteiger partial charge in [0.2, 0.25) is 17.8 Å². The van der Waals surface area contributed by atoms with Gasteiger partial charge in [0, 0.05) is 5.02 Å². The average Bonchev–Trinajstić information content (AvgIpc) is 3.42. The average molecular weight is 490 g/mol. The van der Waals surface area contributed by atoms with Gasteiger partial charge in [-0.05, 0) is 48.6 Å². The number of rotatable bonds is 4. The second-order valence-electron chi connectivity index (χ2n) is 9.09. The molecule has 0 spiro atoms. The van der Waals surface area contributed by atoms with Crippen molar-refractivity contribution in [2.24, 2.45) is 11.8 Å². The van der Waals surface area contributed by atoms with Gasteiger partial charge < -0.3 is 10.1 Å². The molecule has 1 saturated heterocycles. The van der Waals surface area contributed by atoms with Crippen LogP contribution in [-0.2, 0) is 9.59 Å². The summed E-state index contributed by atoms with van der Waals surface area (Å²) in [5, 5.41) is 8.75. The van der Waals surface area contributed by atoms with Crippen molar-refractivity contribution < 1.29 is 14.3 Å². The van der Waals surface area contributed by atoms with E-state index in [1.54, 1.807) is 11.8 Å². The smallest absolute Gasteiger partial charge is 0.260 e. The molecule has 178 valence electrons. The van der Waals surface area contributed by atoms with Crippen molar-refractivity contribution in [1.29, 1.82) is 0 Å². The Bertz CT molecular complexity index is 1310. The van der Waals surface area contributed by atoms with Crippen molar-refractivity contribution in [3.63, 3.8) is 0 Å². The Hall–Kier alpha value is -3.65. The van der Waals surface area contributed by atoms with E-state index >= 15 is 0 Å². The molecule has 6 rings (SSSR count). The number of aromatic nitrogens is 3. The molecular formula is C26H24ClN5O3. The number of carbonyl (C=O) groups excluding carboxylic acids is 2. The van der Waals surface area contributed by atoms with Crippen LogP contribution < -0.4 is 15.0 Å². The Balaban J connectivity index is 1.40. The molecule has 9 heteroatoms. The summed E-state index contributed by atoms with van der Waals surface area (Å²) in [5.74, 6) is 0.246. The number of imide groups is 1. The fourth-order valence-electron chi connectivity index (χ4n) is 5.32. The lowest BCUT2D eigenvalue weighted by Crippen LogP contribution is -2.32. The van der Waals surface area contributed by atoms with Gasteiger partial charge in [-0.1, -0.05) is 54.1 Å². The summed E-state index contributed by atoms with van der Waals surface area (Å²) in [6.45, 7) is 0. The number of hydrogen-bond donors (Lipinski definition) is 1. The van der Waals surface area contributed by atoms with Gasteiger partial charge in [0.15, 0.2) is 0 Å². The highest BCUT2D eigenvalue weighted by Crippen LogP contribution is 2.42. The third-order valence-corrected chi connectivity index (χ3v) is 7.51. The molecular weight excluding hydrogens is 466 g/mol. The molecule has 1 N–H and O–H groups in total. The highest BCUT2D eigenvalue weighted by atomic mass is 35.5. The third-order valence-electron chi connectivity index (χ3n) is 7.17. The first-order valence-electron chi connectivity index (χ1n) is 11.7. The zero-order chi connectivity index (χ0) is 24.1. The molecule has 0 radical (unpaired) electrons. The summed E-state index contributed by atoms with van der Waals surface area (Å²) in [6.07, 6.45) is 5.73. The zero-order valence-electron chi connectivity index (χ0n) is 19.1. The van der Waals surface area contributed by atoms with E-state index in [-0.39, 0.29) is 41.7 Å². The maximum absolute atomic E-state index is 13.1. The normalized spacial score (nSPS) is 25.3. The standard InChI is InChI=1S/C26H24ClN5O3/c1-35-16-12-10-15(11-13-16)21-14-22(19-8-4-5-9-20(19)27)32-25(28-21)29-26(30-32)31-23(33)17-6-2-3-7-18(17)24(31)34/h2-5,8-13,17-18,21-22H,6-7,14H2,1H3,(H,28,29,30)/t17-,18-,21+,22+/m0/s1. The minimum atomic E-state index is -0.340. The molecule has 2 amide bonds. The maximum Gasteiger partial charge on any atom is 0.260 e. The van der Waals surface area contributed by atoms with Gasteiger partial charge in [0.1, 0.15) is 5.75 Å². The van der Waals surface area contributed by atoms with Gasteiger partial charge in [-0.25, -0.2) is 9.58 Å². The second kappa shape index (κ2) is 8.53. The van der Waals surface area contributed by atoms with Crippen molar-refractivity contribution in [1.82, 2.24) is 14.8 Å². The van der Waals surface area contributed by atoms with Crippen molar-refractivity contribution in [2.45, 2.75) is 31.3 Å². The van der Waals surface area contributed by atoms with Crippen LogP contribution in [0.3, 0.4) is 0 Å². The predicted octanol–water partition coefficient (Wildman–Crippen LogP) is 4.54. The number of fused-ring (bicyclic) bond motifs is 2. The van der Waals surface area contributed by atoms with E-state index in [9.17, 15) is 9.59 Å². The van der Waals surface area contributed by atoms with E-state index in [4.69, 9.17) is 16.3 Å². The third kappa shape index (κ3) is 3.60. The molecule has 3 aromatic rings. The van der Waals surface area contributed by atoms with Crippen LogP contribution in [0.5, 0.6) is 5.75 Å². The van der Waals surface area contributed by atoms with E-state index < -0.39 is 0 Å². The van der Waals surface area contributed by atoms with Crippen LogP contribution in [0.1, 0.15) is 42.5 Å². The summed E-state index contributed by atoms with van der Waals surface area (Å²) in [6, 6.07) is 15.2. The highest BCUT2D eigenvalue weighted by molar-refractivity contribution is 6.31. The number of methoxy groups -OCH3 is 1. The van der Waals surface area contributed by atoms with Crippen molar-refractivity contribution in [3.8, 4) is 5.75 Å². The van der Waals surface area contributed by atoms with Gasteiger partial charge in [-0.2, -0.15) is 4.98 Å². The number of nitrogens with one attached hydrogen (secondary N) is 1. The number of carbonyl (C=O) groups is 2. The maximum atomic E-state index is 13.1. The first-order chi connectivity index (χ1) is 17.0. The first-order valence-corrected chi connectivity index (χ1v) is 12.1. The van der Waals surface area contributed by atoms with Crippen LogP contribution >= 0.6 is 11.6 Å². The Labute approximate surface area is 207 Å². The van der Waals surface area contributed by atoms with Crippen LogP contribution in [0.2, 0.25) is 5.02 Å². The van der Waals surface area contributed by atoms with Crippen LogP contribution in [0.15, 0.2) is 60.7 Å². The largest absolute Gasteiger partial charge is 0.497 e. The molecule has 2 aromatic carbocycles. The monoisotopic (exact) mass is 489 g/mol. The molecule has 0 bridgehead atoms. The zero-order valence-corrected chi connectivity index (χ0v) is 19.9. The summed E-state index contributed by atoms with van der Waals surface area (Å²) in [5.41, 5.74) is 1.97. The molecule has 35 heavy (non-hydrogen) atoms. The van der Waals surface area contributed by atoms with Crippen molar-refractivity contribution in [3.05, 3.63) is 76.8 Å². The number of anilines is 2. The number of nitrogens with zero attached hydrogens (tertiary/aromatic N) is 4. The van der Waals surface area contributed by atoms with Gasteiger partial charge in [-0.15, -0.1) is 5.10 Å². The van der Waals surface area contributed by atoms with Crippen molar-refractivity contribution in [2.75, 3.05) is 17.3 Å². The Kier molecular flexibility index (Phi) is 5.33. The molecule has 2 aliphatic heterocycles. The number of halogens is 1. The predicted molar refractivity (Wildman–Crippen MR) is 131 cm³/mol. The van der Waals surface area contributed by atoms with Gasteiger partial charge in [0.25, 0.3) is 5.95 Å². The lowest BCUT2D eigenvalue weighted by Gasteiger charge is -2.32. The molecule has 4 atom stereocenters. The fraction of sp³-hybridized carbons (Fsp3) is 0.308. The lowest BCUT2D eigenvalue weighted by molar-refractivity contribution is -0.122. The van der Waals surface area contributed by atoms with E-state index in [0.29, 0.717) is 30.2 Å². The van der Waals surface area contributed by atoms with E-state index in [1.165, 1.54) is 4.90 Å². The summed E-state index contributed by atoms with van der Waals surface area (Å²) >= 11 is 6.60. The SMILES string of the molecule is COc1ccc([C@H]2C[C@H](c3ccccc3Cl)n3nc(N4C(=O)[C@H]5CC=CC[C@@H]5C4=O)nc3N2)cc1. The molecule has 8 nitrogen and oxygen atoms in total. The molecule has 1 fully saturated rings. The molecule has 1 aromatic heterocycles. The summed E-state index contributed by atoms with van der Waals surface area (Å²) in [7, 11) is 1.64. The topological polar surface area (TPSA) is 89.4 Å². The van der Waals surface area contributed by atoms with Gasteiger partial charge >= 0.3 is 0 Å². The van der Waals surface area contributed by atoms with E-state index in [2.05, 4.69) is 15.4 Å². The molecule has 0 unspecified atom stereocenters. The van der Waals surface area contributed by atoms with Crippen LogP contribution in [0.4, 0.5) is 11.9 Å². The number of allylic oxidation sites excluding steroid dienone is 2. The minimum absolute atomic E-state index is 0.0801. The van der Waals surface area contributed by atoms with Crippen LogP contribution in [-0.4, -0.2) is 33.7 Å². The molecule has 0 saturated carbocycles. The first kappa shape index (κ1) is 21.9. The Morgan fingerprint density at radius 1 is 1.00 bits per heavy atom. The van der Waals surface area contributed by atoms with Crippen LogP contribution in [0, 0.1) is 11.8 Å². The second-order valence-corrected chi connectivity index (χ2v) is 9.50. The number of hydrogen-bond acceptors (Lipinski definition) is 6. The molecule has 1 aliphatic carbocycles. The van der Waals surface area contributed by atoms with Crippen LogP contribution in [0.25, 0.3) is 0 Å². The number of ether oxygens (including phenoxy) is 1. The van der Waals surface area contributed by atoms with E-state index in [1.807, 2.05) is 60.7 Å². The summed E-state index contributed by atoms with van der Waals surface area (Å²) in [4.78, 5) is 32.1. The Morgan fingerprint density at radius 2 is 1.69 bits per heavy atom. The van der Waals surface area contributed by atoms with E-state index in [0.717, 1.165) is 16.9 Å². The minimum Gasteiger partial charge on any atom is -0.497 e. The number of amides is 2. The van der Waals surface area contributed by atoms with Gasteiger partial charge in [0.05, 0.1) is 31.0 Å². The quantitative estimate of drug-likeness (QED) is 0.427.